The number of rotatable bonds is 5. The smallest absolute Gasteiger partial charge is 0.225 e. The summed E-state index contributed by atoms with van der Waals surface area (Å²) >= 11 is 0. The molecule has 0 amide bonds. The number of nitrogens with one attached hydrogen (secondary N) is 1. The van der Waals surface area contributed by atoms with Crippen LogP contribution in [0, 0.1) is 5.92 Å². The Kier molecular flexibility index (Phi) is 4.36. The Balaban J connectivity index is 1.81. The SMILES string of the molecule is COc1ccnc(NCC2CCN(C(C)C)C2)n1. The maximum atomic E-state index is 5.08. The number of nitrogens with zero attached hydrogens (tertiary/aromatic N) is 3. The van der Waals surface area contributed by atoms with E-state index in [1.165, 1.54) is 13.0 Å². The first-order valence-electron chi connectivity index (χ1n) is 6.54. The lowest BCUT2D eigenvalue weighted by molar-refractivity contribution is 0.266. The second-order valence-corrected chi connectivity index (χ2v) is 5.05. The molecule has 1 N–H and O–H groups in total. The van der Waals surface area contributed by atoms with Crippen LogP contribution in [-0.4, -0.2) is 47.7 Å². The fourth-order valence-electron chi connectivity index (χ4n) is 2.27. The lowest BCUT2D eigenvalue weighted by Crippen LogP contribution is -2.29. The highest BCUT2D eigenvalue weighted by atomic mass is 16.5. The van der Waals surface area contributed by atoms with E-state index in [1.54, 1.807) is 19.4 Å². The summed E-state index contributed by atoms with van der Waals surface area (Å²) in [5, 5.41) is 3.29. The van der Waals surface area contributed by atoms with Crippen LogP contribution in [0.4, 0.5) is 5.95 Å². The summed E-state index contributed by atoms with van der Waals surface area (Å²) in [6, 6.07) is 2.39. The van der Waals surface area contributed by atoms with Crippen molar-refractivity contribution < 1.29 is 4.74 Å². The van der Waals surface area contributed by atoms with E-state index >= 15 is 0 Å². The van der Waals surface area contributed by atoms with E-state index in [1.807, 2.05) is 0 Å². The molecule has 1 fully saturated rings. The van der Waals surface area contributed by atoms with Crippen LogP contribution < -0.4 is 10.1 Å². The second kappa shape index (κ2) is 6.00. The van der Waals surface area contributed by atoms with E-state index in [0.29, 0.717) is 23.8 Å². The molecule has 1 aromatic rings. The molecule has 0 aromatic carbocycles. The molecule has 1 unspecified atom stereocenters. The topological polar surface area (TPSA) is 50.3 Å². The van der Waals surface area contributed by atoms with Crippen LogP contribution in [0.2, 0.25) is 0 Å². The number of anilines is 1. The summed E-state index contributed by atoms with van der Waals surface area (Å²) in [6.45, 7) is 7.79. The number of methoxy groups -OCH3 is 1. The summed E-state index contributed by atoms with van der Waals surface area (Å²) in [5.41, 5.74) is 0. The van der Waals surface area contributed by atoms with Gasteiger partial charge >= 0.3 is 0 Å². The maximum Gasteiger partial charge on any atom is 0.225 e. The molecule has 0 bridgehead atoms. The Morgan fingerprint density at radius 1 is 1.56 bits per heavy atom. The van der Waals surface area contributed by atoms with E-state index < -0.39 is 0 Å². The summed E-state index contributed by atoms with van der Waals surface area (Å²) < 4.78 is 5.08. The lowest BCUT2D eigenvalue weighted by Gasteiger charge is -2.20. The number of hydrogen-bond donors (Lipinski definition) is 1. The van der Waals surface area contributed by atoms with Crippen LogP contribution in [0.25, 0.3) is 0 Å². The van der Waals surface area contributed by atoms with Gasteiger partial charge in [-0.25, -0.2) is 4.98 Å². The minimum absolute atomic E-state index is 0.600. The van der Waals surface area contributed by atoms with E-state index in [-0.39, 0.29) is 0 Å². The average molecular weight is 250 g/mol. The van der Waals surface area contributed by atoms with Crippen molar-refractivity contribution in [2.24, 2.45) is 5.92 Å². The molecule has 0 aliphatic carbocycles. The maximum absolute atomic E-state index is 5.08. The Labute approximate surface area is 109 Å². The van der Waals surface area contributed by atoms with E-state index in [9.17, 15) is 0 Å². The zero-order valence-electron chi connectivity index (χ0n) is 11.4. The van der Waals surface area contributed by atoms with Gasteiger partial charge in [0.1, 0.15) is 0 Å². The Bertz CT molecular complexity index is 383. The molecule has 1 saturated heterocycles. The Hall–Kier alpha value is -1.36. The highest BCUT2D eigenvalue weighted by Crippen LogP contribution is 2.18. The van der Waals surface area contributed by atoms with Gasteiger partial charge in [0.25, 0.3) is 0 Å². The minimum Gasteiger partial charge on any atom is -0.481 e. The van der Waals surface area contributed by atoms with Gasteiger partial charge in [-0.1, -0.05) is 0 Å². The van der Waals surface area contributed by atoms with E-state index in [4.69, 9.17) is 4.74 Å². The summed E-state index contributed by atoms with van der Waals surface area (Å²) in [4.78, 5) is 10.9. The van der Waals surface area contributed by atoms with E-state index in [0.717, 1.165) is 13.1 Å². The van der Waals surface area contributed by atoms with Gasteiger partial charge in [0.2, 0.25) is 11.8 Å². The van der Waals surface area contributed by atoms with Gasteiger partial charge in [-0.05, 0) is 32.7 Å². The molecule has 2 rings (SSSR count). The van der Waals surface area contributed by atoms with Crippen LogP contribution in [0.1, 0.15) is 20.3 Å². The van der Waals surface area contributed by atoms with Crippen LogP contribution in [0.15, 0.2) is 12.3 Å². The predicted molar refractivity (Wildman–Crippen MR) is 71.9 cm³/mol. The van der Waals surface area contributed by atoms with Gasteiger partial charge < -0.3 is 15.0 Å². The first kappa shape index (κ1) is 13.1. The van der Waals surface area contributed by atoms with E-state index in [2.05, 4.69) is 34.0 Å². The van der Waals surface area contributed by atoms with Gasteiger partial charge in [-0.15, -0.1) is 0 Å². The number of aromatic nitrogens is 2. The molecule has 1 atom stereocenters. The van der Waals surface area contributed by atoms with Crippen LogP contribution in [0.5, 0.6) is 5.88 Å². The van der Waals surface area contributed by atoms with Crippen molar-refractivity contribution in [1.29, 1.82) is 0 Å². The zero-order valence-corrected chi connectivity index (χ0v) is 11.4. The summed E-state index contributed by atoms with van der Waals surface area (Å²) in [7, 11) is 1.61. The van der Waals surface area contributed by atoms with Gasteiger partial charge in [0.05, 0.1) is 7.11 Å². The molecular weight excluding hydrogens is 228 g/mol. The Morgan fingerprint density at radius 3 is 3.06 bits per heavy atom. The highest BCUT2D eigenvalue weighted by Gasteiger charge is 2.23. The van der Waals surface area contributed by atoms with Crippen molar-refractivity contribution in [2.45, 2.75) is 26.3 Å². The summed E-state index contributed by atoms with van der Waals surface area (Å²) in [5.74, 6) is 1.93. The van der Waals surface area contributed by atoms with Gasteiger partial charge in [-0.3, -0.25) is 0 Å². The lowest BCUT2D eigenvalue weighted by atomic mass is 10.1. The first-order valence-corrected chi connectivity index (χ1v) is 6.54. The van der Waals surface area contributed by atoms with Gasteiger partial charge in [-0.2, -0.15) is 4.98 Å². The third-order valence-corrected chi connectivity index (χ3v) is 3.44. The number of hydrogen-bond acceptors (Lipinski definition) is 5. The average Bonchev–Trinajstić information content (AvgIpc) is 2.85. The Morgan fingerprint density at radius 2 is 2.39 bits per heavy atom. The predicted octanol–water partition coefficient (Wildman–Crippen LogP) is 1.63. The highest BCUT2D eigenvalue weighted by molar-refractivity contribution is 5.27. The molecule has 0 spiro atoms. The normalized spacial score (nSPS) is 20.3. The van der Waals surface area contributed by atoms with Crippen molar-refractivity contribution in [3.05, 3.63) is 12.3 Å². The molecule has 1 aliphatic heterocycles. The van der Waals surface area contributed by atoms with Crippen LogP contribution >= 0.6 is 0 Å². The third kappa shape index (κ3) is 3.32. The first-order chi connectivity index (χ1) is 8.69. The molecule has 5 heteroatoms. The molecule has 0 saturated carbocycles. The quantitative estimate of drug-likeness (QED) is 0.860. The van der Waals surface area contributed by atoms with Crippen molar-refractivity contribution in [3.63, 3.8) is 0 Å². The second-order valence-electron chi connectivity index (χ2n) is 5.05. The fourth-order valence-corrected chi connectivity index (χ4v) is 2.27. The molecule has 18 heavy (non-hydrogen) atoms. The summed E-state index contributed by atoms with van der Waals surface area (Å²) in [6.07, 6.45) is 2.96. The largest absolute Gasteiger partial charge is 0.481 e. The fraction of sp³-hybridized carbons (Fsp3) is 0.692. The molecular formula is C13H22N4O. The number of likely N-dealkylation sites (tertiary alicyclic amines) is 1. The minimum atomic E-state index is 0.600. The van der Waals surface area contributed by atoms with Gasteiger partial charge in [0.15, 0.2) is 0 Å². The van der Waals surface area contributed by atoms with Gasteiger partial charge in [0, 0.05) is 31.4 Å². The van der Waals surface area contributed by atoms with Crippen LogP contribution in [0.3, 0.4) is 0 Å². The standard InChI is InChI=1S/C13H22N4O/c1-10(2)17-7-5-11(9-17)8-15-13-14-6-4-12(16-13)18-3/h4,6,10-11H,5,7-9H2,1-3H3,(H,14,15,16). The molecule has 2 heterocycles. The molecule has 1 aliphatic rings. The van der Waals surface area contributed by atoms with Crippen LogP contribution in [-0.2, 0) is 0 Å². The number of ether oxygens (including phenoxy) is 1. The molecule has 1 aromatic heterocycles. The van der Waals surface area contributed by atoms with Crippen molar-refractivity contribution in [1.82, 2.24) is 14.9 Å². The zero-order chi connectivity index (χ0) is 13.0. The van der Waals surface area contributed by atoms with Crippen molar-refractivity contribution >= 4 is 5.95 Å². The molecule has 0 radical (unpaired) electrons. The molecule has 5 nitrogen and oxygen atoms in total. The van der Waals surface area contributed by atoms with Crippen molar-refractivity contribution in [2.75, 3.05) is 32.1 Å². The van der Waals surface area contributed by atoms with Crippen molar-refractivity contribution in [3.8, 4) is 5.88 Å². The monoisotopic (exact) mass is 250 g/mol. The molecule has 100 valence electrons. The third-order valence-electron chi connectivity index (χ3n) is 3.44.